The molecule has 0 radical (unpaired) electrons. The standard InChI is InChI=1S/C14H17N3O3S/c1-2-8-17-13(20)15-16-14(17)21-11(9-12(18)19)10-6-4-3-5-7-10/h3-7,11H,2,8-9H2,1H3,(H,15,20)(H,18,19). The fourth-order valence-electron chi connectivity index (χ4n) is 2.00. The molecule has 0 saturated heterocycles. The van der Waals surface area contributed by atoms with Gasteiger partial charge in [-0.2, -0.15) is 0 Å². The van der Waals surface area contributed by atoms with Crippen molar-refractivity contribution in [1.82, 2.24) is 14.8 Å². The number of carboxylic acid groups (broad SMARTS) is 1. The minimum absolute atomic E-state index is 0.0259. The van der Waals surface area contributed by atoms with E-state index in [4.69, 9.17) is 5.11 Å². The van der Waals surface area contributed by atoms with Gasteiger partial charge in [0.05, 0.1) is 6.42 Å². The summed E-state index contributed by atoms with van der Waals surface area (Å²) in [6.45, 7) is 2.53. The number of aromatic nitrogens is 3. The third-order valence-corrected chi connectivity index (χ3v) is 4.20. The van der Waals surface area contributed by atoms with Crippen LogP contribution in [0.2, 0.25) is 0 Å². The van der Waals surface area contributed by atoms with Crippen molar-refractivity contribution in [2.45, 2.75) is 36.7 Å². The van der Waals surface area contributed by atoms with Gasteiger partial charge in [0.1, 0.15) is 0 Å². The van der Waals surface area contributed by atoms with E-state index in [2.05, 4.69) is 10.2 Å². The Morgan fingerprint density at radius 2 is 2.14 bits per heavy atom. The number of aliphatic carboxylic acids is 1. The van der Waals surface area contributed by atoms with Gasteiger partial charge in [-0.25, -0.2) is 9.89 Å². The summed E-state index contributed by atoms with van der Waals surface area (Å²) in [5, 5.41) is 15.8. The molecule has 21 heavy (non-hydrogen) atoms. The number of carboxylic acids is 1. The van der Waals surface area contributed by atoms with Crippen molar-refractivity contribution in [3.8, 4) is 0 Å². The van der Waals surface area contributed by atoms with Gasteiger partial charge in [-0.15, -0.1) is 5.10 Å². The van der Waals surface area contributed by atoms with Crippen LogP contribution in [0.3, 0.4) is 0 Å². The van der Waals surface area contributed by atoms with Gasteiger partial charge in [-0.1, -0.05) is 49.0 Å². The molecule has 0 fully saturated rings. The predicted molar refractivity (Wildman–Crippen MR) is 80.4 cm³/mol. The van der Waals surface area contributed by atoms with Crippen LogP contribution in [0.15, 0.2) is 40.3 Å². The highest BCUT2D eigenvalue weighted by Gasteiger charge is 2.20. The molecule has 0 amide bonds. The number of hydrogen-bond acceptors (Lipinski definition) is 4. The summed E-state index contributed by atoms with van der Waals surface area (Å²) in [5.74, 6) is -0.878. The zero-order valence-electron chi connectivity index (χ0n) is 11.7. The first-order chi connectivity index (χ1) is 10.1. The number of H-pyrrole nitrogens is 1. The van der Waals surface area contributed by atoms with Gasteiger partial charge < -0.3 is 5.11 Å². The minimum Gasteiger partial charge on any atom is -0.481 e. The normalized spacial score (nSPS) is 12.2. The Morgan fingerprint density at radius 3 is 2.76 bits per heavy atom. The Hall–Kier alpha value is -2.02. The highest BCUT2D eigenvalue weighted by Crippen LogP contribution is 2.36. The van der Waals surface area contributed by atoms with Gasteiger partial charge in [0.15, 0.2) is 5.16 Å². The van der Waals surface area contributed by atoms with Crippen LogP contribution in [-0.4, -0.2) is 25.8 Å². The Bertz CT molecular complexity index is 651. The maximum Gasteiger partial charge on any atom is 0.343 e. The second kappa shape index (κ2) is 7.12. The largest absolute Gasteiger partial charge is 0.481 e. The van der Waals surface area contributed by atoms with Crippen LogP contribution in [0.25, 0.3) is 0 Å². The second-order valence-electron chi connectivity index (χ2n) is 4.58. The molecule has 2 rings (SSSR count). The predicted octanol–water partition coefficient (Wildman–Crippen LogP) is 2.29. The topological polar surface area (TPSA) is 88.0 Å². The van der Waals surface area contributed by atoms with Crippen LogP contribution in [0.5, 0.6) is 0 Å². The Balaban J connectivity index is 2.27. The zero-order chi connectivity index (χ0) is 15.2. The summed E-state index contributed by atoms with van der Waals surface area (Å²) in [7, 11) is 0. The van der Waals surface area contributed by atoms with Crippen LogP contribution in [0.4, 0.5) is 0 Å². The van der Waals surface area contributed by atoms with Crippen LogP contribution >= 0.6 is 11.8 Å². The molecule has 1 heterocycles. The molecular formula is C14H17N3O3S. The van der Waals surface area contributed by atoms with Crippen molar-refractivity contribution in [2.24, 2.45) is 0 Å². The number of nitrogens with zero attached hydrogens (tertiary/aromatic N) is 2. The average molecular weight is 307 g/mol. The maximum atomic E-state index is 11.7. The van der Waals surface area contributed by atoms with E-state index in [1.165, 1.54) is 11.8 Å². The van der Waals surface area contributed by atoms with Crippen LogP contribution in [0.1, 0.15) is 30.6 Å². The summed E-state index contributed by atoms with van der Waals surface area (Å²) in [4.78, 5) is 22.8. The molecule has 1 unspecified atom stereocenters. The molecule has 2 aromatic rings. The lowest BCUT2D eigenvalue weighted by molar-refractivity contribution is -0.137. The van der Waals surface area contributed by atoms with E-state index in [0.29, 0.717) is 11.7 Å². The summed E-state index contributed by atoms with van der Waals surface area (Å²) >= 11 is 1.30. The lowest BCUT2D eigenvalue weighted by Crippen LogP contribution is -2.17. The van der Waals surface area contributed by atoms with Crippen molar-refractivity contribution in [2.75, 3.05) is 0 Å². The van der Waals surface area contributed by atoms with Crippen LogP contribution in [-0.2, 0) is 11.3 Å². The lowest BCUT2D eigenvalue weighted by atomic mass is 10.1. The first kappa shape index (κ1) is 15.4. The Labute approximate surface area is 126 Å². The van der Waals surface area contributed by atoms with Gasteiger partial charge >= 0.3 is 11.7 Å². The summed E-state index contributed by atoms with van der Waals surface area (Å²) in [6, 6.07) is 9.39. The Morgan fingerprint density at radius 1 is 1.43 bits per heavy atom. The second-order valence-corrected chi connectivity index (χ2v) is 5.75. The number of benzene rings is 1. The van der Waals surface area contributed by atoms with E-state index >= 15 is 0 Å². The van der Waals surface area contributed by atoms with Crippen molar-refractivity contribution in [3.05, 3.63) is 46.4 Å². The molecule has 0 bridgehead atoms. The summed E-state index contributed by atoms with van der Waals surface area (Å²) < 4.78 is 1.54. The third kappa shape index (κ3) is 3.98. The molecule has 0 aliphatic heterocycles. The quantitative estimate of drug-likeness (QED) is 0.766. The number of thioether (sulfide) groups is 1. The molecule has 6 nitrogen and oxygen atoms in total. The summed E-state index contributed by atoms with van der Waals surface area (Å²) in [6.07, 6.45) is 0.782. The van der Waals surface area contributed by atoms with Gasteiger partial charge in [0.25, 0.3) is 0 Å². The monoisotopic (exact) mass is 307 g/mol. The Kier molecular flexibility index (Phi) is 5.21. The molecule has 112 valence electrons. The molecule has 7 heteroatoms. The van der Waals surface area contributed by atoms with Crippen molar-refractivity contribution < 1.29 is 9.90 Å². The van der Waals surface area contributed by atoms with E-state index in [0.717, 1.165) is 12.0 Å². The molecule has 1 aromatic heterocycles. The zero-order valence-corrected chi connectivity index (χ0v) is 12.5. The lowest BCUT2D eigenvalue weighted by Gasteiger charge is -2.14. The summed E-state index contributed by atoms with van der Waals surface area (Å²) in [5.41, 5.74) is 0.643. The number of carbonyl (C=O) groups is 1. The van der Waals surface area contributed by atoms with Crippen molar-refractivity contribution in [3.63, 3.8) is 0 Å². The molecule has 1 aromatic carbocycles. The number of hydrogen-bond donors (Lipinski definition) is 2. The van der Waals surface area contributed by atoms with E-state index in [9.17, 15) is 9.59 Å². The minimum atomic E-state index is -0.878. The number of aromatic amines is 1. The molecule has 1 atom stereocenters. The number of nitrogens with one attached hydrogen (secondary N) is 1. The van der Waals surface area contributed by atoms with Crippen molar-refractivity contribution in [1.29, 1.82) is 0 Å². The highest BCUT2D eigenvalue weighted by molar-refractivity contribution is 7.99. The smallest absolute Gasteiger partial charge is 0.343 e. The average Bonchev–Trinajstić information content (AvgIpc) is 2.80. The fraction of sp³-hybridized carbons (Fsp3) is 0.357. The van der Waals surface area contributed by atoms with Crippen LogP contribution in [0, 0.1) is 0 Å². The van der Waals surface area contributed by atoms with E-state index < -0.39 is 5.97 Å². The molecule has 0 aliphatic rings. The SMILES string of the molecule is CCCn1c(SC(CC(=O)O)c2ccccc2)n[nH]c1=O. The van der Waals surface area contributed by atoms with Crippen molar-refractivity contribution >= 4 is 17.7 Å². The molecular weight excluding hydrogens is 290 g/mol. The van der Waals surface area contributed by atoms with E-state index in [-0.39, 0.29) is 17.4 Å². The molecule has 0 spiro atoms. The number of rotatable bonds is 7. The first-order valence-corrected chi connectivity index (χ1v) is 7.58. The van der Waals surface area contributed by atoms with Crippen LogP contribution < -0.4 is 5.69 Å². The third-order valence-electron chi connectivity index (χ3n) is 2.95. The van der Waals surface area contributed by atoms with Gasteiger partial charge in [0, 0.05) is 11.8 Å². The van der Waals surface area contributed by atoms with Gasteiger partial charge in [0.2, 0.25) is 0 Å². The van der Waals surface area contributed by atoms with E-state index in [1.807, 2.05) is 37.3 Å². The highest BCUT2D eigenvalue weighted by atomic mass is 32.2. The molecule has 2 N–H and O–H groups in total. The maximum absolute atomic E-state index is 11.7. The van der Waals surface area contributed by atoms with Gasteiger partial charge in [-0.3, -0.25) is 9.36 Å². The molecule has 0 saturated carbocycles. The molecule has 0 aliphatic carbocycles. The first-order valence-electron chi connectivity index (χ1n) is 6.70. The van der Waals surface area contributed by atoms with E-state index in [1.54, 1.807) is 4.57 Å². The fourth-order valence-corrected chi connectivity index (χ4v) is 3.17. The van der Waals surface area contributed by atoms with Gasteiger partial charge in [-0.05, 0) is 12.0 Å².